The van der Waals surface area contributed by atoms with Gasteiger partial charge >= 0.3 is 17.8 Å². The maximum Gasteiger partial charge on any atom is 0.346 e. The number of alkyl halides is 4. The van der Waals surface area contributed by atoms with E-state index in [4.69, 9.17) is 0 Å². The van der Waals surface area contributed by atoms with E-state index in [0.29, 0.717) is 18.9 Å². The van der Waals surface area contributed by atoms with Crippen LogP contribution in [0.15, 0.2) is 49.1 Å². The van der Waals surface area contributed by atoms with Crippen LogP contribution in [0.3, 0.4) is 0 Å². The van der Waals surface area contributed by atoms with Gasteiger partial charge < -0.3 is 4.74 Å². The number of hydrogen-bond donors (Lipinski definition) is 0. The molecule has 0 spiro atoms. The number of benzene rings is 3. The third-order valence-corrected chi connectivity index (χ3v) is 6.36. The molecular weight excluding hydrogens is 520 g/mol. The monoisotopic (exact) mass is 540 g/mol. The van der Waals surface area contributed by atoms with Crippen molar-refractivity contribution in [2.75, 3.05) is 0 Å². The Bertz CT molecular complexity index is 1450. The number of allylic oxidation sites excluding steroid dienone is 1. The van der Waals surface area contributed by atoms with Gasteiger partial charge in [0, 0.05) is 0 Å². The van der Waals surface area contributed by atoms with E-state index in [2.05, 4.69) is 11.3 Å². The fourth-order valence-electron chi connectivity index (χ4n) is 4.45. The molecule has 0 aromatic heterocycles. The zero-order valence-electron chi connectivity index (χ0n) is 19.9. The lowest BCUT2D eigenvalue weighted by atomic mass is 9.78. The Morgan fingerprint density at radius 2 is 1.34 bits per heavy atom. The number of rotatable bonds is 7. The van der Waals surface area contributed by atoms with Crippen LogP contribution in [0.5, 0.6) is 5.75 Å². The summed E-state index contributed by atoms with van der Waals surface area (Å²) in [5, 5.41) is 0. The van der Waals surface area contributed by atoms with E-state index >= 15 is 22.0 Å². The maximum absolute atomic E-state index is 15.3. The van der Waals surface area contributed by atoms with Crippen LogP contribution >= 0.6 is 0 Å². The summed E-state index contributed by atoms with van der Waals surface area (Å²) in [7, 11) is 0. The van der Waals surface area contributed by atoms with Crippen LogP contribution in [0.4, 0.5) is 35.1 Å². The van der Waals surface area contributed by atoms with Crippen molar-refractivity contribution in [2.45, 2.75) is 44.5 Å². The quantitative estimate of drug-likeness (QED) is 0.130. The van der Waals surface area contributed by atoms with E-state index in [-0.39, 0.29) is 24.0 Å². The molecule has 0 saturated carbocycles. The topological polar surface area (TPSA) is 26.3 Å². The predicted octanol–water partition coefficient (Wildman–Crippen LogP) is 8.40. The molecule has 0 fully saturated rings. The van der Waals surface area contributed by atoms with Crippen molar-refractivity contribution in [2.24, 2.45) is 0 Å². The second kappa shape index (κ2) is 9.89. The second-order valence-corrected chi connectivity index (χ2v) is 8.78. The van der Waals surface area contributed by atoms with E-state index in [1.807, 2.05) is 0 Å². The molecule has 3 aromatic rings. The molecule has 200 valence electrons. The van der Waals surface area contributed by atoms with Gasteiger partial charge in [-0.05, 0) is 53.6 Å². The van der Waals surface area contributed by atoms with Crippen molar-refractivity contribution in [1.29, 1.82) is 0 Å². The van der Waals surface area contributed by atoms with Gasteiger partial charge in [-0.25, -0.2) is 18.0 Å². The highest BCUT2D eigenvalue weighted by molar-refractivity contribution is 5.93. The molecule has 0 N–H and O–H groups in total. The number of esters is 1. The Labute approximate surface area is 212 Å². The molecule has 0 bridgehead atoms. The third-order valence-electron chi connectivity index (χ3n) is 6.36. The minimum absolute atomic E-state index is 0.0130. The lowest BCUT2D eigenvalue weighted by molar-refractivity contribution is -0.227. The number of halogens is 8. The molecule has 0 amide bonds. The molecular formula is C28H20F8O2. The molecule has 1 aliphatic carbocycles. The Morgan fingerprint density at radius 3 is 1.95 bits per heavy atom. The van der Waals surface area contributed by atoms with Gasteiger partial charge in [0.1, 0.15) is 11.6 Å². The molecule has 10 heteroatoms. The molecule has 38 heavy (non-hydrogen) atoms. The summed E-state index contributed by atoms with van der Waals surface area (Å²) in [6.07, 6.45) is 2.25. The van der Waals surface area contributed by atoms with E-state index in [0.717, 1.165) is 30.3 Å². The molecule has 0 radical (unpaired) electrons. The highest BCUT2D eigenvalue weighted by atomic mass is 19.3. The second-order valence-electron chi connectivity index (χ2n) is 8.78. The number of ether oxygens (including phenoxy) is 1. The summed E-state index contributed by atoms with van der Waals surface area (Å²) in [6.45, 7) is 5.11. The number of hydrogen-bond acceptors (Lipinski definition) is 2. The van der Waals surface area contributed by atoms with E-state index < -0.39 is 74.7 Å². The lowest BCUT2D eigenvalue weighted by Crippen LogP contribution is -2.41. The molecule has 4 rings (SSSR count). The Kier molecular flexibility index (Phi) is 7.11. The smallest absolute Gasteiger partial charge is 0.346 e. The van der Waals surface area contributed by atoms with Crippen molar-refractivity contribution in [3.05, 3.63) is 100 Å². The van der Waals surface area contributed by atoms with Gasteiger partial charge in [0.25, 0.3) is 0 Å². The Morgan fingerprint density at radius 1 is 0.789 bits per heavy atom. The highest BCUT2D eigenvalue weighted by Crippen LogP contribution is 2.59. The largest absolute Gasteiger partial charge is 0.420 e. The van der Waals surface area contributed by atoms with E-state index in [9.17, 15) is 18.0 Å². The number of aryl methyl sites for hydroxylation is 2. The Hall–Kier alpha value is -3.69. The molecule has 0 heterocycles. The third kappa shape index (κ3) is 4.16. The predicted molar refractivity (Wildman–Crippen MR) is 123 cm³/mol. The van der Waals surface area contributed by atoms with Crippen LogP contribution in [-0.4, -0.2) is 5.97 Å². The van der Waals surface area contributed by atoms with Crippen molar-refractivity contribution in [3.8, 4) is 16.9 Å². The summed E-state index contributed by atoms with van der Waals surface area (Å²) in [5.74, 6) is -19.6. The SMILES string of the molecule is C=CCCc1ccc(OC(=O)c2ccc3c(c2F)C(F)(F)C(F)(F)c2c-3ccc(CCC)c2F)c(F)c1F. The van der Waals surface area contributed by atoms with Crippen LogP contribution < -0.4 is 4.74 Å². The van der Waals surface area contributed by atoms with Crippen LogP contribution in [0.1, 0.15) is 52.4 Å². The van der Waals surface area contributed by atoms with Crippen LogP contribution in [-0.2, 0) is 24.7 Å². The van der Waals surface area contributed by atoms with Gasteiger partial charge in [-0.2, -0.15) is 22.0 Å². The number of fused-ring (bicyclic) bond motifs is 3. The Balaban J connectivity index is 1.80. The van der Waals surface area contributed by atoms with E-state index in [1.165, 1.54) is 6.08 Å². The minimum atomic E-state index is -5.26. The number of carbonyl (C=O) groups is 1. The molecule has 0 unspecified atom stereocenters. The summed E-state index contributed by atoms with van der Waals surface area (Å²) in [5.41, 5.74) is -6.27. The van der Waals surface area contributed by atoms with Crippen LogP contribution in [0, 0.1) is 23.3 Å². The van der Waals surface area contributed by atoms with Crippen molar-refractivity contribution in [1.82, 2.24) is 0 Å². The maximum atomic E-state index is 15.3. The first kappa shape index (κ1) is 27.3. The van der Waals surface area contributed by atoms with Gasteiger partial charge in [0.05, 0.1) is 16.7 Å². The summed E-state index contributed by atoms with van der Waals surface area (Å²) in [4.78, 5) is 12.6. The molecule has 0 saturated heterocycles. The first-order valence-corrected chi connectivity index (χ1v) is 11.6. The van der Waals surface area contributed by atoms with Crippen LogP contribution in [0.25, 0.3) is 11.1 Å². The average molecular weight is 540 g/mol. The van der Waals surface area contributed by atoms with Crippen molar-refractivity contribution < 1.29 is 44.7 Å². The van der Waals surface area contributed by atoms with Gasteiger partial charge in [-0.1, -0.05) is 43.7 Å². The van der Waals surface area contributed by atoms with Gasteiger partial charge in [0.2, 0.25) is 5.82 Å². The van der Waals surface area contributed by atoms with Gasteiger partial charge in [0.15, 0.2) is 11.6 Å². The van der Waals surface area contributed by atoms with Gasteiger partial charge in [-0.3, -0.25) is 0 Å². The standard InChI is InChI=1S/C28H20F8O2/c1-3-5-7-15-9-13-19(25(32)23(15)30)38-26(37)18-12-11-17-16-10-8-14(6-4-2)22(29)20(16)27(33,34)28(35,36)21(17)24(18)31/h3,8-13H,1,4-7H2,2H3. The molecule has 0 atom stereocenters. The zero-order valence-corrected chi connectivity index (χ0v) is 19.9. The summed E-state index contributed by atoms with van der Waals surface area (Å²) in [6, 6.07) is 5.57. The first-order valence-electron chi connectivity index (χ1n) is 11.6. The van der Waals surface area contributed by atoms with Gasteiger partial charge in [-0.15, -0.1) is 6.58 Å². The summed E-state index contributed by atoms with van der Waals surface area (Å²) < 4.78 is 124. The van der Waals surface area contributed by atoms with Crippen LogP contribution in [0.2, 0.25) is 0 Å². The lowest BCUT2D eigenvalue weighted by Gasteiger charge is -2.35. The first-order chi connectivity index (χ1) is 17.9. The molecule has 2 nitrogen and oxygen atoms in total. The zero-order chi connectivity index (χ0) is 28.0. The van der Waals surface area contributed by atoms with Crippen molar-refractivity contribution in [3.63, 3.8) is 0 Å². The van der Waals surface area contributed by atoms with E-state index in [1.54, 1.807) is 6.92 Å². The fourth-order valence-corrected chi connectivity index (χ4v) is 4.45. The highest BCUT2D eigenvalue weighted by Gasteiger charge is 2.65. The molecule has 0 aliphatic heterocycles. The molecule has 1 aliphatic rings. The molecule has 3 aromatic carbocycles. The fraction of sp³-hybridized carbons (Fsp3) is 0.250. The van der Waals surface area contributed by atoms with Crippen molar-refractivity contribution >= 4 is 5.97 Å². The minimum Gasteiger partial charge on any atom is -0.420 e. The number of carbonyl (C=O) groups excluding carboxylic acids is 1. The average Bonchev–Trinajstić information content (AvgIpc) is 2.86. The normalized spacial score (nSPS) is 15.0. The summed E-state index contributed by atoms with van der Waals surface area (Å²) >= 11 is 0.